The van der Waals surface area contributed by atoms with Crippen LogP contribution in [0.5, 0.6) is 5.75 Å². The van der Waals surface area contributed by atoms with Gasteiger partial charge in [-0.05, 0) is 42.5 Å². The maximum atomic E-state index is 13.2. The Balaban J connectivity index is 2.11. The minimum absolute atomic E-state index is 0.0391. The first-order valence-corrected chi connectivity index (χ1v) is 9.75. The van der Waals surface area contributed by atoms with E-state index in [9.17, 15) is 30.8 Å². The molecule has 1 amide bonds. The van der Waals surface area contributed by atoms with Crippen LogP contribution >= 0.6 is 0 Å². The number of carboxylic acid groups (broad SMARTS) is 1. The van der Waals surface area contributed by atoms with E-state index in [1.165, 1.54) is 6.07 Å². The van der Waals surface area contributed by atoms with Crippen LogP contribution in [0.3, 0.4) is 0 Å². The molecule has 0 radical (unpaired) electrons. The predicted octanol–water partition coefficient (Wildman–Crippen LogP) is 2.76. The molecule has 2 aromatic rings. The van der Waals surface area contributed by atoms with Crippen molar-refractivity contribution in [3.63, 3.8) is 0 Å². The van der Waals surface area contributed by atoms with E-state index in [2.05, 4.69) is 0 Å². The first-order chi connectivity index (χ1) is 13.9. The molecule has 1 heterocycles. The van der Waals surface area contributed by atoms with Crippen LogP contribution in [0.1, 0.15) is 0 Å². The Morgan fingerprint density at radius 1 is 1.23 bits per heavy atom. The number of amides is 1. The lowest BCUT2D eigenvalue weighted by Gasteiger charge is -2.38. The van der Waals surface area contributed by atoms with E-state index >= 15 is 0 Å². The number of fused-ring (bicyclic) bond motifs is 1. The fourth-order valence-corrected chi connectivity index (χ4v) is 4.31. The molecule has 0 aromatic heterocycles. The van der Waals surface area contributed by atoms with Crippen molar-refractivity contribution in [2.75, 3.05) is 16.2 Å². The van der Waals surface area contributed by atoms with Gasteiger partial charge in [0.2, 0.25) is 0 Å². The number of nitrogens with zero attached hydrogens (tertiary/aromatic N) is 1. The van der Waals surface area contributed by atoms with Crippen LogP contribution in [-0.2, 0) is 10.0 Å². The van der Waals surface area contributed by atoms with E-state index in [1.54, 1.807) is 0 Å². The van der Waals surface area contributed by atoms with Gasteiger partial charge in [-0.15, -0.1) is 0 Å². The fraction of sp³-hybridized carbons (Fsp3) is 0.235. The van der Waals surface area contributed by atoms with Crippen LogP contribution in [0.25, 0.3) is 0 Å². The Kier molecular flexibility index (Phi) is 5.52. The molecule has 4 N–H and O–H groups in total. The van der Waals surface area contributed by atoms with Gasteiger partial charge in [-0.2, -0.15) is 13.2 Å². The lowest BCUT2D eigenvalue weighted by molar-refractivity contribution is -0.164. The number of halogens is 4. The summed E-state index contributed by atoms with van der Waals surface area (Å²) in [6, 6.07) is 4.61. The Bertz CT molecular complexity index is 1060. The monoisotopic (exact) mass is 449 g/mol. The topological polar surface area (TPSA) is 122 Å². The third kappa shape index (κ3) is 4.26. The van der Waals surface area contributed by atoms with Gasteiger partial charge in [-0.3, -0.25) is 9.62 Å². The summed E-state index contributed by atoms with van der Waals surface area (Å²) in [6.45, 7) is -0.802. The molecule has 1 unspecified atom stereocenters. The second kappa shape index (κ2) is 7.65. The number of anilines is 2. The first kappa shape index (κ1) is 21.6. The molecule has 0 aliphatic carbocycles. The molecule has 1 aliphatic rings. The number of carbonyl (C=O) groups is 1. The second-order valence-electron chi connectivity index (χ2n) is 6.33. The number of ether oxygens (including phenoxy) is 1. The van der Waals surface area contributed by atoms with Crippen LogP contribution in [0.4, 0.5) is 33.7 Å². The molecule has 2 aromatic carbocycles. The first-order valence-electron chi connectivity index (χ1n) is 8.31. The summed E-state index contributed by atoms with van der Waals surface area (Å²) in [5.41, 5.74) is 4.99. The highest BCUT2D eigenvalue weighted by atomic mass is 32.2. The van der Waals surface area contributed by atoms with Crippen LogP contribution < -0.4 is 20.1 Å². The average Bonchev–Trinajstić information content (AvgIpc) is 2.65. The molecule has 162 valence electrons. The number of nitrogens with one attached hydrogen (secondary N) is 1. The summed E-state index contributed by atoms with van der Waals surface area (Å²) in [7, 11) is -4.46. The van der Waals surface area contributed by atoms with E-state index in [0.29, 0.717) is 4.31 Å². The molecule has 0 spiro atoms. The van der Waals surface area contributed by atoms with Crippen molar-refractivity contribution < 1.29 is 40.6 Å². The molecule has 8 nitrogen and oxygen atoms in total. The van der Waals surface area contributed by atoms with Gasteiger partial charge in [0, 0.05) is 5.69 Å². The molecule has 0 saturated heterocycles. The zero-order valence-electron chi connectivity index (χ0n) is 14.9. The predicted molar refractivity (Wildman–Crippen MR) is 97.5 cm³/mol. The number of alkyl halides is 3. The molecule has 0 saturated carbocycles. The van der Waals surface area contributed by atoms with E-state index in [4.69, 9.17) is 15.6 Å². The summed E-state index contributed by atoms with van der Waals surface area (Å²) in [4.78, 5) is 10.5. The van der Waals surface area contributed by atoms with E-state index in [1.807, 2.05) is 5.32 Å². The van der Waals surface area contributed by atoms with Crippen molar-refractivity contribution in [1.82, 2.24) is 0 Å². The SMILES string of the molecule is N[C@@H](C1CN(S(=O)(=O)c2ccc(F)cc2)c2cc(NC(=O)O)ccc2O1)C(F)(F)F. The molecule has 2 atom stereocenters. The Hall–Kier alpha value is -3.06. The maximum absolute atomic E-state index is 13.2. The minimum atomic E-state index is -4.86. The quantitative estimate of drug-likeness (QED) is 0.617. The van der Waals surface area contributed by atoms with Crippen molar-refractivity contribution in [1.29, 1.82) is 0 Å². The Morgan fingerprint density at radius 2 is 1.87 bits per heavy atom. The van der Waals surface area contributed by atoms with Gasteiger partial charge in [0.15, 0.2) is 0 Å². The van der Waals surface area contributed by atoms with Gasteiger partial charge < -0.3 is 15.6 Å². The van der Waals surface area contributed by atoms with E-state index in [0.717, 1.165) is 36.4 Å². The molecular formula is C17H15F4N3O5S. The van der Waals surface area contributed by atoms with E-state index < -0.39 is 46.8 Å². The lowest BCUT2D eigenvalue weighted by Crippen LogP contribution is -2.56. The minimum Gasteiger partial charge on any atom is -0.484 e. The van der Waals surface area contributed by atoms with Crippen molar-refractivity contribution >= 4 is 27.5 Å². The molecule has 1 aliphatic heterocycles. The van der Waals surface area contributed by atoms with Gasteiger partial charge in [0.05, 0.1) is 17.1 Å². The highest BCUT2D eigenvalue weighted by Crippen LogP contribution is 2.40. The number of hydrogen-bond acceptors (Lipinski definition) is 5. The zero-order valence-corrected chi connectivity index (χ0v) is 15.7. The second-order valence-corrected chi connectivity index (χ2v) is 8.19. The van der Waals surface area contributed by atoms with E-state index in [-0.39, 0.29) is 22.0 Å². The fourth-order valence-electron chi connectivity index (χ4n) is 2.83. The number of nitrogens with two attached hydrogens (primary N) is 1. The van der Waals surface area contributed by atoms with Crippen molar-refractivity contribution in [3.8, 4) is 5.75 Å². The third-order valence-corrected chi connectivity index (χ3v) is 6.08. The number of benzene rings is 2. The molecule has 13 heteroatoms. The summed E-state index contributed by atoms with van der Waals surface area (Å²) in [5.74, 6) is -0.950. The van der Waals surface area contributed by atoms with Gasteiger partial charge in [0.1, 0.15) is 23.7 Å². The molecule has 0 fully saturated rings. The van der Waals surface area contributed by atoms with Crippen molar-refractivity contribution in [2.24, 2.45) is 5.73 Å². The average molecular weight is 449 g/mol. The summed E-state index contributed by atoms with van der Waals surface area (Å²) < 4.78 is 84.7. The summed E-state index contributed by atoms with van der Waals surface area (Å²) in [5, 5.41) is 10.9. The highest BCUT2D eigenvalue weighted by molar-refractivity contribution is 7.92. The van der Waals surface area contributed by atoms with Gasteiger partial charge in [0.25, 0.3) is 10.0 Å². The normalized spacial score (nSPS) is 17.6. The van der Waals surface area contributed by atoms with Gasteiger partial charge in [-0.25, -0.2) is 17.6 Å². The van der Waals surface area contributed by atoms with Crippen molar-refractivity contribution in [2.45, 2.75) is 23.2 Å². The maximum Gasteiger partial charge on any atom is 0.409 e. The Labute approximate surface area is 167 Å². The summed E-state index contributed by atoms with van der Waals surface area (Å²) >= 11 is 0. The molecule has 30 heavy (non-hydrogen) atoms. The number of rotatable bonds is 4. The highest BCUT2D eigenvalue weighted by Gasteiger charge is 2.47. The van der Waals surface area contributed by atoms with Crippen molar-refractivity contribution in [3.05, 3.63) is 48.3 Å². The van der Waals surface area contributed by atoms with Crippen LogP contribution in [0.15, 0.2) is 47.4 Å². The largest absolute Gasteiger partial charge is 0.484 e. The standard InChI is InChI=1S/C17H15F4N3O5S/c18-9-1-4-11(5-2-9)30(27,28)24-8-14(15(22)17(19,20)21)29-13-6-3-10(7-12(13)24)23-16(25)26/h1-7,14-15,23H,8,22H2,(H,25,26)/t14?,15-/m0/s1. The number of sulfonamides is 1. The molecule has 0 bridgehead atoms. The lowest BCUT2D eigenvalue weighted by atomic mass is 10.1. The van der Waals surface area contributed by atoms with Crippen LogP contribution in [0.2, 0.25) is 0 Å². The molecular weight excluding hydrogens is 434 g/mol. The van der Waals surface area contributed by atoms with Crippen LogP contribution in [0, 0.1) is 5.82 Å². The van der Waals surface area contributed by atoms with Gasteiger partial charge in [-0.1, -0.05) is 0 Å². The molecule has 3 rings (SSSR count). The smallest absolute Gasteiger partial charge is 0.409 e. The summed E-state index contributed by atoms with van der Waals surface area (Å²) in [6.07, 6.45) is -8.07. The Morgan fingerprint density at radius 3 is 2.43 bits per heavy atom. The van der Waals surface area contributed by atoms with Gasteiger partial charge >= 0.3 is 12.3 Å². The third-order valence-electron chi connectivity index (χ3n) is 4.28. The van der Waals surface area contributed by atoms with Crippen LogP contribution in [-0.4, -0.2) is 44.5 Å². The zero-order chi connectivity index (χ0) is 22.3. The number of hydrogen-bond donors (Lipinski definition) is 3.